The first-order valence-electron chi connectivity index (χ1n) is 9.93. The van der Waals surface area contributed by atoms with Crippen LogP contribution in [0.1, 0.15) is 53.3 Å². The number of anilines is 2. The number of benzene rings is 1. The van der Waals surface area contributed by atoms with E-state index in [9.17, 15) is 9.90 Å². The maximum atomic E-state index is 12.5. The molecule has 1 atom stereocenters. The minimum atomic E-state index is -0.266. The van der Waals surface area contributed by atoms with Crippen molar-refractivity contribution < 1.29 is 14.6 Å². The van der Waals surface area contributed by atoms with Crippen LogP contribution >= 0.6 is 11.6 Å². The number of carbonyl (C=O) groups is 1. The molecule has 1 aromatic carbocycles. The molecule has 2 heterocycles. The highest BCUT2D eigenvalue weighted by Crippen LogP contribution is 2.39. The molecule has 29 heavy (non-hydrogen) atoms. The van der Waals surface area contributed by atoms with Gasteiger partial charge in [0.2, 0.25) is 5.95 Å². The Balaban J connectivity index is 1.69. The maximum Gasteiger partial charge on any atom is 0.222 e. The lowest BCUT2D eigenvalue weighted by atomic mass is 9.98. The van der Waals surface area contributed by atoms with Crippen molar-refractivity contribution in [3.63, 3.8) is 0 Å². The summed E-state index contributed by atoms with van der Waals surface area (Å²) in [6, 6.07) is 4.78. The molecule has 0 radical (unpaired) electrons. The van der Waals surface area contributed by atoms with Crippen molar-refractivity contribution in [3.8, 4) is 5.75 Å². The Morgan fingerprint density at radius 3 is 2.86 bits per heavy atom. The van der Waals surface area contributed by atoms with E-state index in [1.165, 1.54) is 0 Å². The van der Waals surface area contributed by atoms with Crippen LogP contribution in [0.15, 0.2) is 18.2 Å². The first-order chi connectivity index (χ1) is 13.9. The molecule has 1 saturated carbocycles. The lowest BCUT2D eigenvalue weighted by Crippen LogP contribution is -2.32. The summed E-state index contributed by atoms with van der Waals surface area (Å²) >= 11 is 6.60. The van der Waals surface area contributed by atoms with Crippen LogP contribution in [0.4, 0.5) is 11.8 Å². The van der Waals surface area contributed by atoms with Crippen molar-refractivity contribution in [1.29, 1.82) is 0 Å². The van der Waals surface area contributed by atoms with Gasteiger partial charge in [0.05, 0.1) is 18.2 Å². The highest BCUT2D eigenvalue weighted by molar-refractivity contribution is 6.32. The van der Waals surface area contributed by atoms with Crippen LogP contribution in [-0.2, 0) is 4.74 Å². The Morgan fingerprint density at radius 2 is 2.14 bits per heavy atom. The molecule has 1 aliphatic heterocycles. The second-order valence-electron chi connectivity index (χ2n) is 7.82. The highest BCUT2D eigenvalue weighted by atomic mass is 35.5. The first kappa shape index (κ1) is 19.9. The molecule has 0 spiro atoms. The zero-order valence-corrected chi connectivity index (χ0v) is 17.2. The molecule has 2 fully saturated rings. The lowest BCUT2D eigenvalue weighted by Gasteiger charge is -2.31. The molecule has 154 valence electrons. The zero-order chi connectivity index (χ0) is 20.5. The number of aromatic hydroxyl groups is 1. The molecule has 1 saturated heterocycles. The number of aryl methyl sites for hydroxylation is 1. The van der Waals surface area contributed by atoms with E-state index < -0.39 is 0 Å². The molecule has 0 amide bonds. The van der Waals surface area contributed by atoms with E-state index in [0.29, 0.717) is 48.5 Å². The van der Waals surface area contributed by atoms with Gasteiger partial charge >= 0.3 is 0 Å². The number of phenolic OH excluding ortho intramolecular Hbond substituents is 1. The molecule has 0 unspecified atom stereocenters. The molecular formula is C21H25ClN4O3. The molecule has 1 aromatic heterocycles. The number of hydrogen-bond acceptors (Lipinski definition) is 7. The second kappa shape index (κ2) is 8.16. The quantitative estimate of drug-likeness (QED) is 0.717. The van der Waals surface area contributed by atoms with Gasteiger partial charge in [-0.15, -0.1) is 0 Å². The normalized spacial score (nSPS) is 19.8. The van der Waals surface area contributed by atoms with E-state index >= 15 is 0 Å². The Kier molecular flexibility index (Phi) is 5.61. The minimum Gasteiger partial charge on any atom is -0.507 e. The van der Waals surface area contributed by atoms with Gasteiger partial charge in [-0.1, -0.05) is 11.6 Å². The van der Waals surface area contributed by atoms with Crippen molar-refractivity contribution in [3.05, 3.63) is 40.0 Å². The number of carbonyl (C=O) groups excluding carboxylic acids is 1. The summed E-state index contributed by atoms with van der Waals surface area (Å²) < 4.78 is 5.78. The lowest BCUT2D eigenvalue weighted by molar-refractivity contribution is 0.0973. The van der Waals surface area contributed by atoms with Crippen molar-refractivity contribution in [2.45, 2.75) is 38.6 Å². The van der Waals surface area contributed by atoms with Crippen LogP contribution < -0.4 is 10.6 Å². The van der Waals surface area contributed by atoms with Crippen LogP contribution in [0, 0.1) is 12.8 Å². The molecule has 7 nitrogen and oxygen atoms in total. The number of hydrogen-bond donors (Lipinski definition) is 2. The van der Waals surface area contributed by atoms with Gasteiger partial charge in [0.25, 0.3) is 0 Å². The fourth-order valence-corrected chi connectivity index (χ4v) is 4.07. The average Bonchev–Trinajstić information content (AvgIpc) is 3.48. The van der Waals surface area contributed by atoms with Gasteiger partial charge in [0, 0.05) is 36.4 Å². The summed E-state index contributed by atoms with van der Waals surface area (Å²) in [6.45, 7) is 3.57. The smallest absolute Gasteiger partial charge is 0.222 e. The Hall–Kier alpha value is -2.38. The number of aromatic nitrogens is 2. The Labute approximate surface area is 174 Å². The van der Waals surface area contributed by atoms with Crippen LogP contribution in [0.25, 0.3) is 0 Å². The Bertz CT molecular complexity index is 912. The fraction of sp³-hybridized carbons (Fsp3) is 0.476. The summed E-state index contributed by atoms with van der Waals surface area (Å²) in [5.41, 5.74) is 7.61. The van der Waals surface area contributed by atoms with Crippen molar-refractivity contribution in [1.82, 2.24) is 9.97 Å². The van der Waals surface area contributed by atoms with E-state index in [4.69, 9.17) is 22.1 Å². The summed E-state index contributed by atoms with van der Waals surface area (Å²) in [4.78, 5) is 23.1. The fourth-order valence-electron chi connectivity index (χ4n) is 3.78. The molecule has 1 aliphatic carbocycles. The van der Waals surface area contributed by atoms with Crippen molar-refractivity contribution in [2.75, 3.05) is 30.4 Å². The van der Waals surface area contributed by atoms with Crippen LogP contribution in [0.2, 0.25) is 5.02 Å². The van der Waals surface area contributed by atoms with Gasteiger partial charge < -0.3 is 20.5 Å². The van der Waals surface area contributed by atoms with Crippen molar-refractivity contribution >= 4 is 29.2 Å². The number of halogens is 1. The van der Waals surface area contributed by atoms with E-state index in [-0.39, 0.29) is 29.1 Å². The molecule has 4 rings (SSSR count). The van der Waals surface area contributed by atoms with Gasteiger partial charge in [0.1, 0.15) is 11.6 Å². The van der Waals surface area contributed by atoms with Gasteiger partial charge in [-0.3, -0.25) is 4.79 Å². The minimum absolute atomic E-state index is 0.0439. The predicted molar refractivity (Wildman–Crippen MR) is 111 cm³/mol. The van der Waals surface area contributed by atoms with Crippen LogP contribution in [0.3, 0.4) is 0 Å². The number of phenols is 1. The first-order valence-corrected chi connectivity index (χ1v) is 10.3. The largest absolute Gasteiger partial charge is 0.507 e. The molecular weight excluding hydrogens is 392 g/mol. The molecule has 2 aromatic rings. The van der Waals surface area contributed by atoms with Crippen LogP contribution in [-0.4, -0.2) is 40.6 Å². The molecule has 0 bridgehead atoms. The monoisotopic (exact) mass is 416 g/mol. The summed E-state index contributed by atoms with van der Waals surface area (Å²) in [6.07, 6.45) is 3.44. The topological polar surface area (TPSA) is 102 Å². The van der Waals surface area contributed by atoms with Gasteiger partial charge in [-0.05, 0) is 49.8 Å². The van der Waals surface area contributed by atoms with E-state index in [1.807, 2.05) is 13.0 Å². The number of nitrogens with two attached hydrogens (primary N) is 1. The number of nitrogens with zero attached hydrogens (tertiary/aromatic N) is 3. The number of Topliss-reactive ketones (excluding diaryl/α,β-unsaturated/α-hetero) is 1. The third-order valence-corrected chi connectivity index (χ3v) is 5.76. The summed E-state index contributed by atoms with van der Waals surface area (Å²) in [7, 11) is 0. The van der Waals surface area contributed by atoms with Gasteiger partial charge in [0.15, 0.2) is 5.78 Å². The van der Waals surface area contributed by atoms with E-state index in [2.05, 4.69) is 14.9 Å². The van der Waals surface area contributed by atoms with Crippen LogP contribution in [0.5, 0.6) is 5.75 Å². The zero-order valence-electron chi connectivity index (χ0n) is 16.4. The number of ketones is 1. The molecule has 3 N–H and O–H groups in total. The summed E-state index contributed by atoms with van der Waals surface area (Å²) in [5.74, 6) is 1.23. The number of ether oxygens (including phenoxy) is 1. The van der Waals surface area contributed by atoms with E-state index in [1.54, 1.807) is 12.1 Å². The highest BCUT2D eigenvalue weighted by Gasteiger charge is 2.30. The standard InChI is InChI=1S/C21H25ClN4O3/c1-12-7-20(25-21(23)24-12)26-5-2-6-29-11-17(26)14-10-19(28)15(9-16(14)22)18(27)8-13-3-4-13/h7,9-10,13,17,28H,2-6,8,11H2,1H3,(H2,23,24,25)/t17-/m1/s1. The third kappa shape index (κ3) is 4.46. The maximum absolute atomic E-state index is 12.5. The molecule has 8 heteroatoms. The third-order valence-electron chi connectivity index (χ3n) is 5.44. The number of nitrogen functional groups attached to an aromatic ring is 1. The molecule has 2 aliphatic rings. The van der Waals surface area contributed by atoms with E-state index in [0.717, 1.165) is 25.0 Å². The van der Waals surface area contributed by atoms with Gasteiger partial charge in [-0.25, -0.2) is 4.98 Å². The second-order valence-corrected chi connectivity index (χ2v) is 8.23. The van der Waals surface area contributed by atoms with Crippen molar-refractivity contribution in [2.24, 2.45) is 5.92 Å². The SMILES string of the molecule is Cc1cc(N2CCCOC[C@@H]2c2cc(O)c(C(=O)CC3CC3)cc2Cl)nc(N)n1. The van der Waals surface area contributed by atoms with Gasteiger partial charge in [-0.2, -0.15) is 4.98 Å². The predicted octanol–water partition coefficient (Wildman–Crippen LogP) is 3.68. The summed E-state index contributed by atoms with van der Waals surface area (Å²) in [5, 5.41) is 11.0. The Morgan fingerprint density at radius 1 is 1.34 bits per heavy atom. The number of rotatable bonds is 5. The average molecular weight is 417 g/mol.